The Balaban J connectivity index is 2.05. The molecule has 8 nitrogen and oxygen atoms in total. The zero-order valence-corrected chi connectivity index (χ0v) is 12.6. The third kappa shape index (κ3) is 3.41. The van der Waals surface area contributed by atoms with Crippen molar-refractivity contribution in [2.24, 2.45) is 0 Å². The van der Waals surface area contributed by atoms with Gasteiger partial charge in [0.25, 0.3) is 5.89 Å². The number of amides is 1. The summed E-state index contributed by atoms with van der Waals surface area (Å²) < 4.78 is 47.6. The van der Waals surface area contributed by atoms with E-state index in [0.29, 0.717) is 5.56 Å². The van der Waals surface area contributed by atoms with Gasteiger partial charge in [0.2, 0.25) is 5.88 Å². The number of oxazole rings is 1. The van der Waals surface area contributed by atoms with E-state index in [1.165, 1.54) is 18.2 Å². The molecule has 0 saturated carbocycles. The van der Waals surface area contributed by atoms with Gasteiger partial charge in [-0.2, -0.15) is 13.2 Å². The number of anilines is 1. The second kappa shape index (κ2) is 6.35. The highest BCUT2D eigenvalue weighted by atomic mass is 19.4. The number of hydrogen-bond donors (Lipinski definition) is 1. The Hall–Kier alpha value is -3.63. The molecular formula is C15H8F3N3O5. The second-order valence-electron chi connectivity index (χ2n) is 4.91. The van der Waals surface area contributed by atoms with Gasteiger partial charge in [-0.25, -0.2) is 4.98 Å². The molecule has 0 radical (unpaired) electrons. The molecule has 3 aromatic rings. The minimum Gasteiger partial charge on any atom is -0.416 e. The number of alkyl halides is 3. The molecule has 11 heteroatoms. The van der Waals surface area contributed by atoms with Crippen LogP contribution in [0.1, 0.15) is 0 Å². The van der Waals surface area contributed by atoms with Crippen molar-refractivity contribution in [3.63, 3.8) is 0 Å². The molecule has 1 amide bonds. The molecule has 1 N–H and O–H groups in total. The average molecular weight is 367 g/mol. The monoisotopic (exact) mass is 367 g/mol. The Morgan fingerprint density at radius 2 is 1.81 bits per heavy atom. The maximum Gasteiger partial charge on any atom is 0.471 e. The Kier molecular flexibility index (Phi) is 4.20. The minimum atomic E-state index is -5.13. The lowest BCUT2D eigenvalue weighted by molar-refractivity contribution is -0.401. The van der Waals surface area contributed by atoms with E-state index in [-0.39, 0.29) is 17.3 Å². The van der Waals surface area contributed by atoms with Crippen molar-refractivity contribution in [1.82, 2.24) is 4.98 Å². The first-order chi connectivity index (χ1) is 12.3. The number of carbonyl (C=O) groups excluding carboxylic acids is 1. The van der Waals surface area contributed by atoms with Gasteiger partial charge in [0.1, 0.15) is 10.6 Å². The average Bonchev–Trinajstić information content (AvgIpc) is 3.21. The molecule has 0 fully saturated rings. The zero-order valence-electron chi connectivity index (χ0n) is 12.6. The van der Waals surface area contributed by atoms with Gasteiger partial charge in [-0.3, -0.25) is 20.2 Å². The zero-order chi connectivity index (χ0) is 18.9. The van der Waals surface area contributed by atoms with E-state index < -0.39 is 28.8 Å². The van der Waals surface area contributed by atoms with Crippen LogP contribution in [0.5, 0.6) is 0 Å². The highest BCUT2D eigenvalue weighted by molar-refractivity contribution is 5.96. The fourth-order valence-corrected chi connectivity index (χ4v) is 2.02. The van der Waals surface area contributed by atoms with Crippen LogP contribution in [0.15, 0.2) is 51.3 Å². The first-order valence-electron chi connectivity index (χ1n) is 6.94. The number of furan rings is 1. The van der Waals surface area contributed by atoms with E-state index >= 15 is 0 Å². The molecule has 0 bridgehead atoms. The second-order valence-corrected chi connectivity index (χ2v) is 4.91. The lowest BCUT2D eigenvalue weighted by Crippen LogP contribution is -2.29. The first-order valence-corrected chi connectivity index (χ1v) is 6.94. The standard InChI is InChI=1S/C15H8F3N3O5/c16-15(17,18)14(22)20-13-11(8-4-2-1-3-5-8)19-12(26-13)9-6-7-10(25-9)21(23)24/h1-7H,(H,20,22). The van der Waals surface area contributed by atoms with Gasteiger partial charge in [-0.05, 0) is 6.07 Å². The molecule has 0 aliphatic carbocycles. The number of rotatable bonds is 4. The van der Waals surface area contributed by atoms with E-state index in [1.807, 2.05) is 0 Å². The van der Waals surface area contributed by atoms with Gasteiger partial charge in [0.15, 0.2) is 5.76 Å². The van der Waals surface area contributed by atoms with Crippen molar-refractivity contribution < 1.29 is 31.7 Å². The predicted octanol–water partition coefficient (Wildman–Crippen LogP) is 4.01. The van der Waals surface area contributed by atoms with Crippen molar-refractivity contribution in [2.75, 3.05) is 5.32 Å². The molecule has 2 heterocycles. The number of nitro groups is 1. The highest BCUT2D eigenvalue weighted by Crippen LogP contribution is 2.35. The summed E-state index contributed by atoms with van der Waals surface area (Å²) in [5, 5.41) is 12.3. The van der Waals surface area contributed by atoms with Crippen LogP contribution in [0, 0.1) is 10.1 Å². The van der Waals surface area contributed by atoms with Crippen LogP contribution in [-0.4, -0.2) is 22.0 Å². The third-order valence-corrected chi connectivity index (χ3v) is 3.14. The van der Waals surface area contributed by atoms with Crippen LogP contribution in [0.4, 0.5) is 24.9 Å². The third-order valence-electron chi connectivity index (χ3n) is 3.14. The summed E-state index contributed by atoms with van der Waals surface area (Å²) in [6.07, 6.45) is -5.13. The summed E-state index contributed by atoms with van der Waals surface area (Å²) in [6.45, 7) is 0. The number of nitrogens with one attached hydrogen (secondary N) is 1. The fourth-order valence-electron chi connectivity index (χ4n) is 2.02. The van der Waals surface area contributed by atoms with Crippen LogP contribution in [0.25, 0.3) is 22.9 Å². The molecule has 0 spiro atoms. The molecule has 0 unspecified atom stereocenters. The van der Waals surface area contributed by atoms with E-state index in [9.17, 15) is 28.1 Å². The Morgan fingerprint density at radius 1 is 1.12 bits per heavy atom. The maximum absolute atomic E-state index is 12.5. The smallest absolute Gasteiger partial charge is 0.416 e. The lowest BCUT2D eigenvalue weighted by Gasteiger charge is -2.06. The number of hydrogen-bond acceptors (Lipinski definition) is 6. The SMILES string of the molecule is O=C(Nc1oc(-c2ccc([N+](=O)[O-])o2)nc1-c1ccccc1)C(F)(F)F. The number of benzene rings is 1. The molecule has 0 atom stereocenters. The summed E-state index contributed by atoms with van der Waals surface area (Å²) in [5.74, 6) is -3.91. The molecule has 0 aliphatic heterocycles. The van der Waals surface area contributed by atoms with Gasteiger partial charge in [0, 0.05) is 5.56 Å². The Labute approximate surface area is 142 Å². The van der Waals surface area contributed by atoms with Crippen molar-refractivity contribution in [1.29, 1.82) is 0 Å². The van der Waals surface area contributed by atoms with Crippen molar-refractivity contribution in [3.8, 4) is 22.9 Å². The van der Waals surface area contributed by atoms with Crippen LogP contribution in [0.2, 0.25) is 0 Å². The minimum absolute atomic E-state index is 0.0859. The number of carbonyl (C=O) groups is 1. The molecule has 0 aliphatic rings. The summed E-state index contributed by atoms with van der Waals surface area (Å²) >= 11 is 0. The van der Waals surface area contributed by atoms with Gasteiger partial charge in [-0.1, -0.05) is 30.3 Å². The number of aromatic nitrogens is 1. The Bertz CT molecular complexity index is 963. The normalized spacial score (nSPS) is 11.3. The highest BCUT2D eigenvalue weighted by Gasteiger charge is 2.40. The molecule has 2 aromatic heterocycles. The molecule has 134 valence electrons. The van der Waals surface area contributed by atoms with Crippen LogP contribution >= 0.6 is 0 Å². The van der Waals surface area contributed by atoms with Gasteiger partial charge >= 0.3 is 18.0 Å². The topological polar surface area (TPSA) is 111 Å². The first kappa shape index (κ1) is 17.2. The summed E-state index contributed by atoms with van der Waals surface area (Å²) in [6, 6.07) is 10.2. The largest absolute Gasteiger partial charge is 0.471 e. The molecule has 26 heavy (non-hydrogen) atoms. The molecule has 0 saturated heterocycles. The quantitative estimate of drug-likeness (QED) is 0.551. The number of halogens is 3. The van der Waals surface area contributed by atoms with Crippen LogP contribution in [0.3, 0.4) is 0 Å². The van der Waals surface area contributed by atoms with Crippen molar-refractivity contribution in [3.05, 3.63) is 52.6 Å². The molecular weight excluding hydrogens is 359 g/mol. The molecule has 1 aromatic carbocycles. The van der Waals surface area contributed by atoms with Gasteiger partial charge in [0.05, 0.1) is 6.07 Å². The van der Waals surface area contributed by atoms with E-state index in [2.05, 4.69) is 4.98 Å². The Morgan fingerprint density at radius 3 is 2.38 bits per heavy atom. The van der Waals surface area contributed by atoms with Gasteiger partial charge in [-0.15, -0.1) is 0 Å². The summed E-state index contributed by atoms with van der Waals surface area (Å²) in [7, 11) is 0. The maximum atomic E-state index is 12.5. The molecule has 3 rings (SSSR count). The number of nitrogens with zero attached hydrogens (tertiary/aromatic N) is 2. The van der Waals surface area contributed by atoms with E-state index in [1.54, 1.807) is 23.5 Å². The fraction of sp³-hybridized carbons (Fsp3) is 0.0667. The van der Waals surface area contributed by atoms with Crippen LogP contribution in [-0.2, 0) is 4.79 Å². The van der Waals surface area contributed by atoms with Gasteiger partial charge < -0.3 is 8.83 Å². The van der Waals surface area contributed by atoms with Crippen molar-refractivity contribution >= 4 is 17.7 Å². The summed E-state index contributed by atoms with van der Waals surface area (Å²) in [4.78, 5) is 25.1. The van der Waals surface area contributed by atoms with E-state index in [0.717, 1.165) is 6.07 Å². The summed E-state index contributed by atoms with van der Waals surface area (Å²) in [5.41, 5.74) is 0.276. The van der Waals surface area contributed by atoms with Crippen LogP contribution < -0.4 is 5.32 Å². The van der Waals surface area contributed by atoms with Crippen molar-refractivity contribution in [2.45, 2.75) is 6.18 Å². The predicted molar refractivity (Wildman–Crippen MR) is 81.0 cm³/mol. The lowest BCUT2D eigenvalue weighted by atomic mass is 10.1. The van der Waals surface area contributed by atoms with E-state index in [4.69, 9.17) is 8.83 Å².